The first-order chi connectivity index (χ1) is 16.3. The Bertz CT molecular complexity index is 1260. The summed E-state index contributed by atoms with van der Waals surface area (Å²) in [5.74, 6) is -0.429. The number of amides is 1. The zero-order chi connectivity index (χ0) is 24.7. The second-order valence-electron chi connectivity index (χ2n) is 6.92. The zero-order valence-electron chi connectivity index (χ0n) is 17.8. The average Bonchev–Trinajstić information content (AvgIpc) is 2.83. The molecule has 172 valence electrons. The Labute approximate surface area is 227 Å². The van der Waals surface area contributed by atoms with Gasteiger partial charge in [0.05, 0.1) is 21.6 Å². The lowest BCUT2D eigenvalue weighted by atomic mass is 10.1. The number of rotatable bonds is 7. The number of hydrogen-bond acceptors (Lipinski definition) is 5. The minimum Gasteiger partial charge on any atom is -0.487 e. The molecule has 1 N–H and O–H groups in total. The molecule has 0 aliphatic rings. The van der Waals surface area contributed by atoms with Gasteiger partial charge in [-0.2, -0.15) is 5.26 Å². The van der Waals surface area contributed by atoms with Gasteiger partial charge in [-0.15, -0.1) is 0 Å². The first-order valence-electron chi connectivity index (χ1n) is 9.78. The highest BCUT2D eigenvalue weighted by Gasteiger charge is 2.13. The number of hydrogen-bond donors (Lipinski definition) is 1. The molecule has 1 amide bonds. The first-order valence-corrected chi connectivity index (χ1v) is 12.4. The molecule has 9 heteroatoms. The molecule has 0 aromatic heterocycles. The highest BCUT2D eigenvalue weighted by molar-refractivity contribution is 14.1. The average molecular weight is 696 g/mol. The molecule has 3 rings (SSSR count). The van der Waals surface area contributed by atoms with Crippen molar-refractivity contribution >= 4 is 78.1 Å². The van der Waals surface area contributed by atoms with E-state index in [0.717, 1.165) is 9.13 Å². The summed E-state index contributed by atoms with van der Waals surface area (Å²) in [7, 11) is 1.29. The molecule has 3 aromatic rings. The number of anilines is 1. The number of carbonyl (C=O) groups is 2. The molecule has 0 bridgehead atoms. The van der Waals surface area contributed by atoms with Crippen LogP contribution in [0.3, 0.4) is 0 Å². The maximum absolute atomic E-state index is 12.6. The monoisotopic (exact) mass is 694 g/mol. The van der Waals surface area contributed by atoms with Crippen molar-refractivity contribution < 1.29 is 19.1 Å². The lowest BCUT2D eigenvalue weighted by molar-refractivity contribution is -0.112. The molecule has 0 unspecified atom stereocenters. The van der Waals surface area contributed by atoms with Crippen molar-refractivity contribution in [1.29, 1.82) is 5.26 Å². The molecule has 0 fully saturated rings. The van der Waals surface area contributed by atoms with Crippen LogP contribution in [0.1, 0.15) is 21.5 Å². The quantitative estimate of drug-likeness (QED) is 0.128. The van der Waals surface area contributed by atoms with Crippen LogP contribution in [0.15, 0.2) is 75.2 Å². The maximum Gasteiger partial charge on any atom is 0.337 e. The lowest BCUT2D eigenvalue weighted by Gasteiger charge is -2.12. The van der Waals surface area contributed by atoms with Gasteiger partial charge >= 0.3 is 5.97 Å². The van der Waals surface area contributed by atoms with E-state index in [-0.39, 0.29) is 5.57 Å². The topological polar surface area (TPSA) is 88.4 Å². The predicted octanol–water partition coefficient (Wildman–Crippen LogP) is 6.73. The highest BCUT2D eigenvalue weighted by Crippen LogP contribution is 2.36. The Morgan fingerprint density at radius 1 is 1.06 bits per heavy atom. The van der Waals surface area contributed by atoms with Crippen LogP contribution in [0.4, 0.5) is 5.69 Å². The van der Waals surface area contributed by atoms with Crippen LogP contribution in [0.5, 0.6) is 5.75 Å². The Balaban J connectivity index is 1.73. The summed E-state index contributed by atoms with van der Waals surface area (Å²) in [6.45, 7) is 0.393. The molecule has 0 radical (unpaired) electrons. The molecule has 34 heavy (non-hydrogen) atoms. The Morgan fingerprint density at radius 3 is 2.24 bits per heavy atom. The van der Waals surface area contributed by atoms with Crippen LogP contribution in [0.25, 0.3) is 6.08 Å². The van der Waals surface area contributed by atoms with E-state index in [0.29, 0.717) is 38.1 Å². The fraction of sp³-hybridized carbons (Fsp3) is 0.0800. The third kappa shape index (κ3) is 6.91. The fourth-order valence-electron chi connectivity index (χ4n) is 2.86. The van der Waals surface area contributed by atoms with Gasteiger partial charge in [-0.3, -0.25) is 4.79 Å². The van der Waals surface area contributed by atoms with Crippen molar-refractivity contribution in [2.75, 3.05) is 12.4 Å². The third-order valence-corrected chi connectivity index (χ3v) is 6.45. The molecule has 0 heterocycles. The molecule has 0 aliphatic heterocycles. The smallest absolute Gasteiger partial charge is 0.337 e. The molecule has 0 saturated carbocycles. The van der Waals surface area contributed by atoms with Crippen molar-refractivity contribution in [1.82, 2.24) is 0 Å². The number of ether oxygens (including phenoxy) is 2. The van der Waals surface area contributed by atoms with Gasteiger partial charge < -0.3 is 14.8 Å². The van der Waals surface area contributed by atoms with E-state index >= 15 is 0 Å². The van der Waals surface area contributed by atoms with Gasteiger partial charge in [0.25, 0.3) is 5.91 Å². The van der Waals surface area contributed by atoms with E-state index in [1.807, 2.05) is 30.3 Å². The predicted molar refractivity (Wildman–Crippen MR) is 145 cm³/mol. The van der Waals surface area contributed by atoms with Crippen molar-refractivity contribution in [3.8, 4) is 11.8 Å². The standard InChI is InChI=1S/C25H17Br2IN2O4/c1-33-25(32)17-4-8-20(9-5-17)30-24(31)18(13-29)10-16-11-21(26)23(22(27)12-16)34-14-15-2-6-19(28)7-3-15/h2-12H,14H2,1H3,(H,30,31)/b18-10+. The van der Waals surface area contributed by atoms with E-state index < -0.39 is 11.9 Å². The van der Waals surface area contributed by atoms with Gasteiger partial charge in [0.1, 0.15) is 24.0 Å². The van der Waals surface area contributed by atoms with Gasteiger partial charge in [0, 0.05) is 9.26 Å². The number of carbonyl (C=O) groups excluding carboxylic acids is 2. The van der Waals surface area contributed by atoms with Crippen molar-refractivity contribution in [3.05, 3.63) is 95.4 Å². The summed E-state index contributed by atoms with van der Waals surface area (Å²) >= 11 is 9.26. The van der Waals surface area contributed by atoms with E-state index in [1.165, 1.54) is 25.3 Å². The number of halogens is 3. The number of methoxy groups -OCH3 is 1. The van der Waals surface area contributed by atoms with Crippen LogP contribution in [0, 0.1) is 14.9 Å². The second-order valence-corrected chi connectivity index (χ2v) is 9.88. The van der Waals surface area contributed by atoms with E-state index in [9.17, 15) is 14.9 Å². The maximum atomic E-state index is 12.6. The summed E-state index contributed by atoms with van der Waals surface area (Å²) < 4.78 is 13.1. The van der Waals surface area contributed by atoms with E-state index in [2.05, 4.69) is 64.5 Å². The van der Waals surface area contributed by atoms with Crippen LogP contribution < -0.4 is 10.1 Å². The summed E-state index contributed by atoms with van der Waals surface area (Å²) in [4.78, 5) is 24.1. The second kappa shape index (κ2) is 12.1. The summed E-state index contributed by atoms with van der Waals surface area (Å²) in [6.07, 6.45) is 1.48. The molecule has 0 aliphatic carbocycles. The number of esters is 1. The molecule has 0 saturated heterocycles. The third-order valence-electron chi connectivity index (χ3n) is 4.56. The largest absolute Gasteiger partial charge is 0.487 e. The SMILES string of the molecule is COC(=O)c1ccc(NC(=O)/C(C#N)=C/c2cc(Br)c(OCc3ccc(I)cc3)c(Br)c2)cc1. The van der Waals surface area contributed by atoms with Crippen LogP contribution in [0.2, 0.25) is 0 Å². The fourth-order valence-corrected chi connectivity index (χ4v) is 4.67. The molecule has 0 spiro atoms. The van der Waals surface area contributed by atoms with E-state index in [4.69, 9.17) is 4.74 Å². The molecular formula is C25H17Br2IN2O4. The van der Waals surface area contributed by atoms with Gasteiger partial charge in [-0.1, -0.05) is 12.1 Å². The minimum atomic E-state index is -0.570. The lowest BCUT2D eigenvalue weighted by Crippen LogP contribution is -2.13. The van der Waals surface area contributed by atoms with Crippen molar-refractivity contribution in [2.45, 2.75) is 6.61 Å². The van der Waals surface area contributed by atoms with Crippen molar-refractivity contribution in [2.24, 2.45) is 0 Å². The van der Waals surface area contributed by atoms with Gasteiger partial charge in [0.2, 0.25) is 0 Å². The summed E-state index contributed by atoms with van der Waals surface area (Å²) in [6, 6.07) is 19.7. The first kappa shape index (κ1) is 25.9. The number of benzene rings is 3. The number of nitrogens with zero attached hydrogens (tertiary/aromatic N) is 1. The number of nitrogens with one attached hydrogen (secondary N) is 1. The zero-order valence-corrected chi connectivity index (χ0v) is 23.1. The van der Waals surface area contributed by atoms with Gasteiger partial charge in [-0.25, -0.2) is 4.79 Å². The minimum absolute atomic E-state index is 0.0802. The highest BCUT2D eigenvalue weighted by atomic mass is 127. The molecular weight excluding hydrogens is 679 g/mol. The van der Waals surface area contributed by atoms with Crippen molar-refractivity contribution in [3.63, 3.8) is 0 Å². The van der Waals surface area contributed by atoms with E-state index in [1.54, 1.807) is 24.3 Å². The Hall–Kier alpha value is -2.68. The van der Waals surface area contributed by atoms with Gasteiger partial charge in [0.15, 0.2) is 0 Å². The molecule has 6 nitrogen and oxygen atoms in total. The summed E-state index contributed by atoms with van der Waals surface area (Å²) in [5, 5.41) is 12.2. The normalized spacial score (nSPS) is 10.9. The van der Waals surface area contributed by atoms with Crippen LogP contribution in [-0.2, 0) is 16.1 Å². The molecule has 3 aromatic carbocycles. The van der Waals surface area contributed by atoms with Crippen LogP contribution in [-0.4, -0.2) is 19.0 Å². The Morgan fingerprint density at radius 2 is 1.68 bits per heavy atom. The Kier molecular flexibility index (Phi) is 9.27. The number of nitriles is 1. The summed E-state index contributed by atoms with van der Waals surface area (Å²) in [5.41, 5.74) is 2.39. The van der Waals surface area contributed by atoms with Crippen LogP contribution >= 0.6 is 54.5 Å². The van der Waals surface area contributed by atoms with Gasteiger partial charge in [-0.05, 0) is 120 Å². The molecule has 0 atom stereocenters.